The van der Waals surface area contributed by atoms with E-state index in [1.54, 1.807) is 10.9 Å². The van der Waals surface area contributed by atoms with Crippen LogP contribution in [0.15, 0.2) is 18.6 Å². The summed E-state index contributed by atoms with van der Waals surface area (Å²) in [6.45, 7) is 4.99. The number of rotatable bonds is 3. The first kappa shape index (κ1) is 9.76. The lowest BCUT2D eigenvalue weighted by molar-refractivity contribution is 0.766. The summed E-state index contributed by atoms with van der Waals surface area (Å²) < 4.78 is 3.83. The van der Waals surface area contributed by atoms with Gasteiger partial charge < -0.3 is 9.88 Å². The van der Waals surface area contributed by atoms with Crippen LogP contribution in [-0.2, 0) is 13.6 Å². The Bertz CT molecular complexity index is 454. The highest BCUT2D eigenvalue weighted by atomic mass is 15.3. The minimum atomic E-state index is 0.864. The van der Waals surface area contributed by atoms with Crippen LogP contribution in [0, 0.1) is 6.92 Å². The van der Waals surface area contributed by atoms with E-state index in [0.29, 0.717) is 0 Å². The lowest BCUT2D eigenvalue weighted by Crippen LogP contribution is -2.00. The number of anilines is 2. The minimum absolute atomic E-state index is 0.864. The molecule has 0 aliphatic carbocycles. The first-order chi connectivity index (χ1) is 7.19. The van der Waals surface area contributed by atoms with E-state index in [2.05, 4.69) is 26.9 Å². The average molecular weight is 205 g/mol. The Morgan fingerprint density at radius 1 is 1.40 bits per heavy atom. The highest BCUT2D eigenvalue weighted by molar-refractivity contribution is 5.51. The maximum Gasteiger partial charge on any atom is 0.207 e. The molecular weight excluding hydrogens is 190 g/mol. The molecular formula is C10H15N5. The fourth-order valence-electron chi connectivity index (χ4n) is 1.50. The maximum atomic E-state index is 4.40. The summed E-state index contributed by atoms with van der Waals surface area (Å²) in [5, 5.41) is 7.33. The van der Waals surface area contributed by atoms with Crippen molar-refractivity contribution in [2.75, 3.05) is 5.32 Å². The van der Waals surface area contributed by atoms with Gasteiger partial charge in [0.15, 0.2) is 0 Å². The Labute approximate surface area is 88.7 Å². The average Bonchev–Trinajstić information content (AvgIpc) is 2.73. The van der Waals surface area contributed by atoms with E-state index in [1.807, 2.05) is 26.4 Å². The van der Waals surface area contributed by atoms with Crippen LogP contribution in [0.4, 0.5) is 11.6 Å². The van der Waals surface area contributed by atoms with Gasteiger partial charge in [0.2, 0.25) is 5.95 Å². The molecule has 5 nitrogen and oxygen atoms in total. The van der Waals surface area contributed by atoms with E-state index in [0.717, 1.165) is 23.9 Å². The van der Waals surface area contributed by atoms with Crippen LogP contribution in [0.2, 0.25) is 0 Å². The molecule has 2 rings (SSSR count). The highest BCUT2D eigenvalue weighted by Gasteiger charge is 2.04. The number of aryl methyl sites for hydroxylation is 3. The number of nitrogens with zero attached hydrogens (tertiary/aromatic N) is 4. The quantitative estimate of drug-likeness (QED) is 0.829. The number of hydrogen-bond donors (Lipinski definition) is 1. The van der Waals surface area contributed by atoms with Crippen LogP contribution in [0.25, 0.3) is 0 Å². The van der Waals surface area contributed by atoms with Gasteiger partial charge in [-0.15, -0.1) is 0 Å². The summed E-state index contributed by atoms with van der Waals surface area (Å²) in [5.41, 5.74) is 1.97. The Morgan fingerprint density at radius 2 is 2.20 bits per heavy atom. The molecule has 80 valence electrons. The van der Waals surface area contributed by atoms with Crippen LogP contribution < -0.4 is 5.32 Å². The topological polar surface area (TPSA) is 47.7 Å². The van der Waals surface area contributed by atoms with Crippen molar-refractivity contribution in [3.8, 4) is 0 Å². The molecule has 5 heteroatoms. The molecule has 0 amide bonds. The summed E-state index contributed by atoms with van der Waals surface area (Å²) >= 11 is 0. The first-order valence-electron chi connectivity index (χ1n) is 4.98. The summed E-state index contributed by atoms with van der Waals surface area (Å²) in [6.07, 6.45) is 5.73. The second-order valence-electron chi connectivity index (χ2n) is 3.52. The second kappa shape index (κ2) is 3.76. The Balaban J connectivity index is 2.23. The standard InChI is InChI=1S/C10H15N5/c1-4-15-6-8(2)12-10(15)13-9-5-11-14(3)7-9/h5-7H,4H2,1-3H3,(H,12,13). The highest BCUT2D eigenvalue weighted by Crippen LogP contribution is 2.14. The number of imidazole rings is 1. The molecule has 0 aromatic carbocycles. The van der Waals surface area contributed by atoms with Gasteiger partial charge >= 0.3 is 0 Å². The normalized spacial score (nSPS) is 10.6. The molecule has 0 saturated heterocycles. The minimum Gasteiger partial charge on any atom is -0.323 e. The van der Waals surface area contributed by atoms with Crippen molar-refractivity contribution in [3.63, 3.8) is 0 Å². The summed E-state index contributed by atoms with van der Waals surface area (Å²) in [4.78, 5) is 4.40. The predicted octanol–water partition coefficient (Wildman–Crippen LogP) is 1.69. The number of aromatic nitrogens is 4. The molecule has 0 saturated carbocycles. The van der Waals surface area contributed by atoms with Crippen molar-refractivity contribution in [1.82, 2.24) is 19.3 Å². The molecule has 1 N–H and O–H groups in total. The monoisotopic (exact) mass is 205 g/mol. The molecule has 0 fully saturated rings. The Morgan fingerprint density at radius 3 is 2.80 bits per heavy atom. The maximum absolute atomic E-state index is 4.40. The zero-order valence-electron chi connectivity index (χ0n) is 9.23. The van der Waals surface area contributed by atoms with E-state index in [9.17, 15) is 0 Å². The zero-order chi connectivity index (χ0) is 10.8. The van der Waals surface area contributed by atoms with E-state index >= 15 is 0 Å². The van der Waals surface area contributed by atoms with E-state index in [1.165, 1.54) is 0 Å². The van der Waals surface area contributed by atoms with Crippen LogP contribution in [0.3, 0.4) is 0 Å². The van der Waals surface area contributed by atoms with Crippen molar-refractivity contribution in [3.05, 3.63) is 24.3 Å². The number of hydrogen-bond acceptors (Lipinski definition) is 3. The van der Waals surface area contributed by atoms with Crippen LogP contribution in [0.5, 0.6) is 0 Å². The third-order valence-corrected chi connectivity index (χ3v) is 2.20. The fourth-order valence-corrected chi connectivity index (χ4v) is 1.50. The third kappa shape index (κ3) is 2.01. The van der Waals surface area contributed by atoms with Gasteiger partial charge in [0, 0.05) is 26.0 Å². The molecule has 2 aromatic rings. The molecule has 0 aliphatic rings. The Kier molecular flexibility index (Phi) is 2.45. The van der Waals surface area contributed by atoms with Gasteiger partial charge in [-0.3, -0.25) is 4.68 Å². The van der Waals surface area contributed by atoms with Crippen molar-refractivity contribution >= 4 is 11.6 Å². The van der Waals surface area contributed by atoms with Crippen LogP contribution >= 0.6 is 0 Å². The summed E-state index contributed by atoms with van der Waals surface area (Å²) in [6, 6.07) is 0. The summed E-state index contributed by atoms with van der Waals surface area (Å²) in [7, 11) is 1.89. The molecule has 0 unspecified atom stereocenters. The van der Waals surface area contributed by atoms with Gasteiger partial charge in [-0.2, -0.15) is 5.10 Å². The second-order valence-corrected chi connectivity index (χ2v) is 3.52. The molecule has 0 aliphatic heterocycles. The third-order valence-electron chi connectivity index (χ3n) is 2.20. The van der Waals surface area contributed by atoms with Gasteiger partial charge in [0.05, 0.1) is 17.6 Å². The van der Waals surface area contributed by atoms with Gasteiger partial charge in [0.1, 0.15) is 0 Å². The SMILES string of the molecule is CCn1cc(C)nc1Nc1cnn(C)c1. The van der Waals surface area contributed by atoms with Crippen molar-refractivity contribution in [1.29, 1.82) is 0 Å². The summed E-state index contributed by atoms with van der Waals surface area (Å²) in [5.74, 6) is 0.864. The van der Waals surface area contributed by atoms with Gasteiger partial charge in [-0.25, -0.2) is 4.98 Å². The van der Waals surface area contributed by atoms with E-state index < -0.39 is 0 Å². The van der Waals surface area contributed by atoms with Crippen molar-refractivity contribution in [2.24, 2.45) is 7.05 Å². The zero-order valence-corrected chi connectivity index (χ0v) is 9.23. The number of nitrogens with one attached hydrogen (secondary N) is 1. The molecule has 0 spiro atoms. The van der Waals surface area contributed by atoms with E-state index in [-0.39, 0.29) is 0 Å². The Hall–Kier alpha value is -1.78. The largest absolute Gasteiger partial charge is 0.323 e. The lowest BCUT2D eigenvalue weighted by atomic mass is 10.5. The molecule has 0 radical (unpaired) electrons. The van der Waals surface area contributed by atoms with Gasteiger partial charge in [-0.05, 0) is 13.8 Å². The molecule has 0 atom stereocenters. The lowest BCUT2D eigenvalue weighted by Gasteiger charge is -2.04. The van der Waals surface area contributed by atoms with Crippen molar-refractivity contribution < 1.29 is 0 Å². The fraction of sp³-hybridized carbons (Fsp3) is 0.400. The molecule has 0 bridgehead atoms. The van der Waals surface area contributed by atoms with Gasteiger partial charge in [0.25, 0.3) is 0 Å². The van der Waals surface area contributed by atoms with Crippen molar-refractivity contribution in [2.45, 2.75) is 20.4 Å². The molecule has 2 aromatic heterocycles. The van der Waals surface area contributed by atoms with Crippen LogP contribution in [-0.4, -0.2) is 19.3 Å². The smallest absolute Gasteiger partial charge is 0.207 e. The predicted molar refractivity (Wildman–Crippen MR) is 59.1 cm³/mol. The molecule has 15 heavy (non-hydrogen) atoms. The van der Waals surface area contributed by atoms with Crippen LogP contribution in [0.1, 0.15) is 12.6 Å². The molecule has 2 heterocycles. The van der Waals surface area contributed by atoms with Gasteiger partial charge in [-0.1, -0.05) is 0 Å². The first-order valence-corrected chi connectivity index (χ1v) is 4.98. The van der Waals surface area contributed by atoms with E-state index in [4.69, 9.17) is 0 Å².